The Hall–Kier alpha value is -2.51. The van der Waals surface area contributed by atoms with Gasteiger partial charge in [-0.05, 0) is 31.9 Å². The zero-order valence-corrected chi connectivity index (χ0v) is 14.8. The fourth-order valence-electron chi connectivity index (χ4n) is 2.80. The van der Waals surface area contributed by atoms with Crippen molar-refractivity contribution in [2.24, 2.45) is 10.9 Å². The summed E-state index contributed by atoms with van der Waals surface area (Å²) >= 11 is 0. The number of carbonyl (C=O) groups is 2. The molecule has 2 heterocycles. The maximum absolute atomic E-state index is 11.9. The first-order valence-corrected chi connectivity index (χ1v) is 8.59. The van der Waals surface area contributed by atoms with Crippen molar-refractivity contribution >= 4 is 17.8 Å². The van der Waals surface area contributed by atoms with Crippen molar-refractivity contribution < 1.29 is 18.7 Å². The van der Waals surface area contributed by atoms with Crippen LogP contribution in [0.1, 0.15) is 30.3 Å². The number of piperidine rings is 1. The topological polar surface area (TPSA) is 96.2 Å². The molecule has 2 rings (SSSR count). The van der Waals surface area contributed by atoms with E-state index in [1.807, 2.05) is 6.92 Å². The van der Waals surface area contributed by atoms with E-state index in [1.165, 1.54) is 6.26 Å². The number of nitrogens with zero attached hydrogens (tertiary/aromatic N) is 2. The maximum atomic E-state index is 11.9. The Morgan fingerprint density at radius 2 is 2.20 bits per heavy atom. The molecule has 8 heteroatoms. The lowest BCUT2D eigenvalue weighted by molar-refractivity contribution is -0.149. The molecule has 1 aliphatic heterocycles. The highest BCUT2D eigenvalue weighted by molar-refractivity contribution is 5.91. The van der Waals surface area contributed by atoms with Crippen LogP contribution < -0.4 is 10.6 Å². The summed E-state index contributed by atoms with van der Waals surface area (Å²) in [6.07, 6.45) is 3.22. The van der Waals surface area contributed by atoms with Gasteiger partial charge in [-0.25, -0.2) is 0 Å². The summed E-state index contributed by atoms with van der Waals surface area (Å²) in [5.41, 5.74) is 0. The van der Waals surface area contributed by atoms with Crippen molar-refractivity contribution in [2.45, 2.75) is 19.8 Å². The van der Waals surface area contributed by atoms with Gasteiger partial charge in [-0.1, -0.05) is 0 Å². The number of ether oxygens (including phenoxy) is 1. The Balaban J connectivity index is 1.76. The number of guanidine groups is 1. The lowest BCUT2D eigenvalue weighted by Gasteiger charge is -2.33. The van der Waals surface area contributed by atoms with Crippen LogP contribution in [0.4, 0.5) is 0 Å². The van der Waals surface area contributed by atoms with Gasteiger partial charge < -0.3 is 24.7 Å². The summed E-state index contributed by atoms with van der Waals surface area (Å²) in [7, 11) is 1.71. The molecule has 25 heavy (non-hydrogen) atoms. The Bertz CT molecular complexity index is 585. The number of likely N-dealkylation sites (tertiary alicyclic amines) is 1. The maximum Gasteiger partial charge on any atom is 0.310 e. The third-order valence-electron chi connectivity index (χ3n) is 3.99. The normalized spacial score (nSPS) is 17.9. The van der Waals surface area contributed by atoms with Crippen LogP contribution in [0.2, 0.25) is 0 Å². The smallest absolute Gasteiger partial charge is 0.310 e. The Labute approximate surface area is 147 Å². The number of carbonyl (C=O) groups excluding carboxylic acids is 2. The van der Waals surface area contributed by atoms with Crippen molar-refractivity contribution in [1.82, 2.24) is 15.5 Å². The number of rotatable bonds is 6. The van der Waals surface area contributed by atoms with E-state index in [0.29, 0.717) is 26.2 Å². The molecular weight excluding hydrogens is 324 g/mol. The Kier molecular flexibility index (Phi) is 7.31. The number of esters is 1. The van der Waals surface area contributed by atoms with Crippen molar-refractivity contribution in [1.29, 1.82) is 0 Å². The van der Waals surface area contributed by atoms with Crippen LogP contribution in [0, 0.1) is 5.92 Å². The van der Waals surface area contributed by atoms with Gasteiger partial charge in [0.05, 0.1) is 18.8 Å². The van der Waals surface area contributed by atoms with Crippen LogP contribution in [0.5, 0.6) is 0 Å². The molecule has 1 aromatic heterocycles. The van der Waals surface area contributed by atoms with Gasteiger partial charge in [0.15, 0.2) is 11.7 Å². The van der Waals surface area contributed by atoms with Crippen LogP contribution in [0.3, 0.4) is 0 Å². The average molecular weight is 350 g/mol. The Morgan fingerprint density at radius 1 is 1.40 bits per heavy atom. The molecule has 0 saturated carbocycles. The highest BCUT2D eigenvalue weighted by atomic mass is 16.5. The molecule has 0 aliphatic carbocycles. The van der Waals surface area contributed by atoms with E-state index in [9.17, 15) is 9.59 Å². The zero-order valence-electron chi connectivity index (χ0n) is 14.8. The minimum atomic E-state index is -0.248. The largest absolute Gasteiger partial charge is 0.466 e. The summed E-state index contributed by atoms with van der Waals surface area (Å²) in [6.45, 7) is 4.62. The predicted molar refractivity (Wildman–Crippen MR) is 93.3 cm³/mol. The fourth-order valence-corrected chi connectivity index (χ4v) is 2.80. The van der Waals surface area contributed by atoms with Crippen molar-refractivity contribution in [3.63, 3.8) is 0 Å². The van der Waals surface area contributed by atoms with Gasteiger partial charge in [0.1, 0.15) is 0 Å². The SMILES string of the molecule is CCOC(=O)C1CCCN(C(=NC)NCCNC(=O)c2ccco2)C1. The second-order valence-corrected chi connectivity index (χ2v) is 5.74. The lowest BCUT2D eigenvalue weighted by Crippen LogP contribution is -2.49. The molecule has 1 unspecified atom stereocenters. The molecule has 1 fully saturated rings. The first-order chi connectivity index (χ1) is 12.2. The molecule has 1 aliphatic rings. The lowest BCUT2D eigenvalue weighted by atomic mass is 9.98. The molecule has 1 atom stereocenters. The molecule has 1 saturated heterocycles. The molecule has 1 amide bonds. The number of furan rings is 1. The van der Waals surface area contributed by atoms with E-state index in [4.69, 9.17) is 9.15 Å². The van der Waals surface area contributed by atoms with Gasteiger partial charge in [-0.3, -0.25) is 14.6 Å². The van der Waals surface area contributed by atoms with Crippen LogP contribution in [0.15, 0.2) is 27.8 Å². The molecule has 2 N–H and O–H groups in total. The molecule has 1 aromatic rings. The minimum Gasteiger partial charge on any atom is -0.466 e. The predicted octanol–water partition coefficient (Wildman–Crippen LogP) is 0.860. The second-order valence-electron chi connectivity index (χ2n) is 5.74. The van der Waals surface area contributed by atoms with E-state index < -0.39 is 0 Å². The van der Waals surface area contributed by atoms with Gasteiger partial charge in [0, 0.05) is 33.2 Å². The average Bonchev–Trinajstić information content (AvgIpc) is 3.17. The Morgan fingerprint density at radius 3 is 2.88 bits per heavy atom. The fraction of sp³-hybridized carbons (Fsp3) is 0.588. The van der Waals surface area contributed by atoms with E-state index in [0.717, 1.165) is 25.3 Å². The molecule has 138 valence electrons. The second kappa shape index (κ2) is 9.71. The third-order valence-corrected chi connectivity index (χ3v) is 3.99. The molecule has 0 spiro atoms. The van der Waals surface area contributed by atoms with Gasteiger partial charge >= 0.3 is 5.97 Å². The monoisotopic (exact) mass is 350 g/mol. The standard InChI is InChI=1S/C17H26N4O4/c1-3-24-16(23)13-6-4-10-21(12-13)17(18-2)20-9-8-19-15(22)14-7-5-11-25-14/h5,7,11,13H,3-4,6,8-10,12H2,1-2H3,(H,18,20)(H,19,22). The highest BCUT2D eigenvalue weighted by Crippen LogP contribution is 2.17. The van der Waals surface area contributed by atoms with E-state index in [1.54, 1.807) is 19.2 Å². The molecule has 0 bridgehead atoms. The molecular formula is C17H26N4O4. The van der Waals surface area contributed by atoms with E-state index in [-0.39, 0.29) is 23.6 Å². The summed E-state index contributed by atoms with van der Waals surface area (Å²) < 4.78 is 10.2. The minimum absolute atomic E-state index is 0.120. The van der Waals surface area contributed by atoms with Crippen molar-refractivity contribution in [3.05, 3.63) is 24.2 Å². The van der Waals surface area contributed by atoms with Crippen LogP contribution >= 0.6 is 0 Å². The number of hydrogen-bond acceptors (Lipinski definition) is 5. The molecule has 0 radical (unpaired) electrons. The van der Waals surface area contributed by atoms with Gasteiger partial charge in [-0.2, -0.15) is 0 Å². The van der Waals surface area contributed by atoms with E-state index >= 15 is 0 Å². The number of amides is 1. The van der Waals surface area contributed by atoms with Crippen molar-refractivity contribution in [3.8, 4) is 0 Å². The summed E-state index contributed by atoms with van der Waals surface area (Å²) in [5, 5.41) is 5.98. The quantitative estimate of drug-likeness (QED) is 0.342. The summed E-state index contributed by atoms with van der Waals surface area (Å²) in [6, 6.07) is 3.29. The zero-order chi connectivity index (χ0) is 18.1. The number of aliphatic imine (C=N–C) groups is 1. The summed E-state index contributed by atoms with van der Waals surface area (Å²) in [4.78, 5) is 30.0. The van der Waals surface area contributed by atoms with Crippen LogP contribution in [-0.2, 0) is 9.53 Å². The molecule has 8 nitrogen and oxygen atoms in total. The number of nitrogens with one attached hydrogen (secondary N) is 2. The summed E-state index contributed by atoms with van der Waals surface area (Å²) in [5.74, 6) is 0.500. The highest BCUT2D eigenvalue weighted by Gasteiger charge is 2.28. The van der Waals surface area contributed by atoms with E-state index in [2.05, 4.69) is 20.5 Å². The van der Waals surface area contributed by atoms with Crippen molar-refractivity contribution in [2.75, 3.05) is 39.8 Å². The first kappa shape index (κ1) is 18.8. The van der Waals surface area contributed by atoms with Crippen LogP contribution in [0.25, 0.3) is 0 Å². The molecule has 0 aromatic carbocycles. The van der Waals surface area contributed by atoms with Crippen LogP contribution in [-0.4, -0.2) is 62.6 Å². The third kappa shape index (κ3) is 5.51. The van der Waals surface area contributed by atoms with Gasteiger partial charge in [0.2, 0.25) is 0 Å². The first-order valence-electron chi connectivity index (χ1n) is 8.59. The number of hydrogen-bond donors (Lipinski definition) is 2. The van der Waals surface area contributed by atoms with Gasteiger partial charge in [-0.15, -0.1) is 0 Å². The van der Waals surface area contributed by atoms with Gasteiger partial charge in [0.25, 0.3) is 5.91 Å².